The van der Waals surface area contributed by atoms with Crippen molar-refractivity contribution in [3.8, 4) is 5.75 Å². The average molecular weight is 408 g/mol. The topological polar surface area (TPSA) is 55.3 Å². The third-order valence-electron chi connectivity index (χ3n) is 5.25. The van der Waals surface area contributed by atoms with Gasteiger partial charge in [-0.25, -0.2) is 0 Å². The van der Waals surface area contributed by atoms with Gasteiger partial charge in [0.1, 0.15) is 11.0 Å². The number of methoxy groups -OCH3 is 1. The van der Waals surface area contributed by atoms with Crippen LogP contribution < -0.4 is 15.5 Å². The Hall–Kier alpha value is -2.86. The van der Waals surface area contributed by atoms with E-state index in [0.29, 0.717) is 0 Å². The van der Waals surface area contributed by atoms with Crippen molar-refractivity contribution in [2.45, 2.75) is 36.6 Å². The second kappa shape index (κ2) is 8.25. The van der Waals surface area contributed by atoms with Crippen molar-refractivity contribution in [1.82, 2.24) is 4.68 Å². The Bertz CT molecular complexity index is 1010. The van der Waals surface area contributed by atoms with Crippen LogP contribution in [0.25, 0.3) is 0 Å². The first-order valence-corrected chi connectivity index (χ1v) is 10.6. The second-order valence-electron chi connectivity index (χ2n) is 7.07. The lowest BCUT2D eigenvalue weighted by Gasteiger charge is -2.34. The van der Waals surface area contributed by atoms with Crippen molar-refractivity contribution in [1.29, 1.82) is 0 Å². The fourth-order valence-electron chi connectivity index (χ4n) is 3.60. The summed E-state index contributed by atoms with van der Waals surface area (Å²) >= 11 is 1.59. The molecule has 5 nitrogen and oxygen atoms in total. The Labute approximate surface area is 175 Å². The number of amides is 1. The van der Waals surface area contributed by atoms with Gasteiger partial charge in [0.25, 0.3) is 0 Å². The molecule has 29 heavy (non-hydrogen) atoms. The minimum absolute atomic E-state index is 0.00526. The van der Waals surface area contributed by atoms with Gasteiger partial charge in [-0.05, 0) is 54.8 Å². The van der Waals surface area contributed by atoms with E-state index in [2.05, 4.69) is 47.5 Å². The quantitative estimate of drug-likeness (QED) is 0.640. The molecule has 0 bridgehead atoms. The first kappa shape index (κ1) is 19.5. The number of rotatable bonds is 5. The molecule has 2 atom stereocenters. The molecule has 1 amide bonds. The minimum Gasteiger partial charge on any atom is -0.497 e. The number of carbonyl (C=O) groups excluding carboxylic acids is 1. The summed E-state index contributed by atoms with van der Waals surface area (Å²) in [5, 5.41) is 3.89. The number of aryl methyl sites for hydroxylation is 2. The van der Waals surface area contributed by atoms with Crippen LogP contribution in [-0.4, -0.2) is 22.9 Å². The maximum absolute atomic E-state index is 13.4. The fraction of sp³-hybridized carbons (Fsp3) is 0.261. The second-order valence-corrected chi connectivity index (χ2v) is 8.23. The number of benzene rings is 2. The smallest absolute Gasteiger partial charge is 0.240 e. The van der Waals surface area contributed by atoms with Gasteiger partial charge in [0.15, 0.2) is 0 Å². The van der Waals surface area contributed by atoms with Crippen molar-refractivity contribution in [3.63, 3.8) is 0 Å². The predicted molar refractivity (Wildman–Crippen MR) is 118 cm³/mol. The zero-order chi connectivity index (χ0) is 20.4. The number of ether oxygens (including phenoxy) is 1. The number of anilines is 1. The zero-order valence-corrected chi connectivity index (χ0v) is 17.6. The maximum Gasteiger partial charge on any atom is 0.240 e. The van der Waals surface area contributed by atoms with Gasteiger partial charge in [-0.2, -0.15) is 0 Å². The molecule has 1 aromatic heterocycles. The highest BCUT2D eigenvalue weighted by atomic mass is 32.2. The molecule has 0 radical (unpaired) electrons. The predicted octanol–water partition coefficient (Wildman–Crippen LogP) is 4.77. The third-order valence-corrected chi connectivity index (χ3v) is 6.55. The van der Waals surface area contributed by atoms with Crippen molar-refractivity contribution in [3.05, 3.63) is 77.5 Å². The van der Waals surface area contributed by atoms with Gasteiger partial charge in [-0.1, -0.05) is 49.0 Å². The number of thioether (sulfide) groups is 1. The highest BCUT2D eigenvalue weighted by molar-refractivity contribution is 8.00. The van der Waals surface area contributed by atoms with E-state index in [1.165, 1.54) is 0 Å². The number of para-hydroxylation sites is 1. The summed E-state index contributed by atoms with van der Waals surface area (Å²) < 4.78 is 7.35. The van der Waals surface area contributed by atoms with Crippen LogP contribution in [0.15, 0.2) is 65.7 Å². The van der Waals surface area contributed by atoms with Crippen molar-refractivity contribution < 1.29 is 9.53 Å². The summed E-state index contributed by atoms with van der Waals surface area (Å²) in [6, 6.07) is 19.8. The number of nitrogens with one attached hydrogen (secondary N) is 2. The summed E-state index contributed by atoms with van der Waals surface area (Å²) in [7, 11) is 1.65. The van der Waals surface area contributed by atoms with E-state index in [-0.39, 0.29) is 17.2 Å². The van der Waals surface area contributed by atoms with E-state index < -0.39 is 0 Å². The van der Waals surface area contributed by atoms with E-state index in [4.69, 9.17) is 4.74 Å². The lowest BCUT2D eigenvalue weighted by Crippen LogP contribution is -2.41. The molecule has 2 aromatic carbocycles. The number of hydrogen-bond acceptors (Lipinski definition) is 4. The van der Waals surface area contributed by atoms with Crippen LogP contribution in [0, 0.1) is 6.92 Å². The first-order valence-electron chi connectivity index (χ1n) is 9.75. The molecule has 1 aliphatic heterocycles. The zero-order valence-electron chi connectivity index (χ0n) is 16.8. The van der Waals surface area contributed by atoms with E-state index >= 15 is 0 Å². The van der Waals surface area contributed by atoms with Gasteiger partial charge in [-0.3, -0.25) is 9.47 Å². The first-order chi connectivity index (χ1) is 14.1. The SMILES string of the molecule is CCc1ccccc1NC(=O)[C@@H]1Sc2ccc(C)n2N[C@H]1c1ccc(OC)cc1. The largest absolute Gasteiger partial charge is 0.497 e. The van der Waals surface area contributed by atoms with E-state index in [1.54, 1.807) is 18.9 Å². The average Bonchev–Trinajstić information content (AvgIpc) is 3.13. The van der Waals surface area contributed by atoms with Gasteiger partial charge in [0.2, 0.25) is 5.91 Å². The lowest BCUT2D eigenvalue weighted by molar-refractivity contribution is -0.116. The normalized spacial score (nSPS) is 17.9. The summed E-state index contributed by atoms with van der Waals surface area (Å²) in [4.78, 5) is 13.4. The number of fused-ring (bicyclic) bond motifs is 1. The minimum atomic E-state index is -0.310. The Morgan fingerprint density at radius 2 is 1.90 bits per heavy atom. The number of hydrogen-bond donors (Lipinski definition) is 2. The summed E-state index contributed by atoms with van der Waals surface area (Å²) in [6.45, 7) is 4.15. The molecule has 6 heteroatoms. The Kier molecular flexibility index (Phi) is 5.53. The van der Waals surface area contributed by atoms with Crippen molar-refractivity contribution >= 4 is 23.4 Å². The van der Waals surface area contributed by atoms with Crippen LogP contribution in [0.1, 0.15) is 29.8 Å². The van der Waals surface area contributed by atoms with Gasteiger partial charge in [0.05, 0.1) is 18.2 Å². The molecular formula is C23H25N3O2S. The molecule has 0 fully saturated rings. The van der Waals surface area contributed by atoms with Crippen LogP contribution in [0.2, 0.25) is 0 Å². The Morgan fingerprint density at radius 3 is 2.62 bits per heavy atom. The van der Waals surface area contributed by atoms with Crippen LogP contribution in [-0.2, 0) is 11.2 Å². The van der Waals surface area contributed by atoms with E-state index in [9.17, 15) is 4.79 Å². The molecule has 0 aliphatic carbocycles. The van der Waals surface area contributed by atoms with Gasteiger partial charge >= 0.3 is 0 Å². The third kappa shape index (κ3) is 3.85. The maximum atomic E-state index is 13.4. The van der Waals surface area contributed by atoms with Crippen molar-refractivity contribution in [2.24, 2.45) is 0 Å². The molecule has 150 valence electrons. The van der Waals surface area contributed by atoms with Crippen molar-refractivity contribution in [2.75, 3.05) is 17.9 Å². The number of aromatic nitrogens is 1. The van der Waals surface area contributed by atoms with Crippen LogP contribution in [0.5, 0.6) is 5.75 Å². The molecule has 4 rings (SSSR count). The van der Waals surface area contributed by atoms with Crippen LogP contribution in [0.3, 0.4) is 0 Å². The lowest BCUT2D eigenvalue weighted by atomic mass is 10.0. The van der Waals surface area contributed by atoms with E-state index in [0.717, 1.165) is 39.7 Å². The Morgan fingerprint density at radius 1 is 1.14 bits per heavy atom. The molecule has 0 unspecified atom stereocenters. The molecule has 0 saturated carbocycles. The molecule has 2 N–H and O–H groups in total. The molecule has 0 saturated heterocycles. The summed E-state index contributed by atoms with van der Waals surface area (Å²) in [5.74, 6) is 0.794. The van der Waals surface area contributed by atoms with Crippen LogP contribution >= 0.6 is 11.8 Å². The molecule has 0 spiro atoms. The number of carbonyl (C=O) groups is 1. The monoisotopic (exact) mass is 407 g/mol. The van der Waals surface area contributed by atoms with Gasteiger partial charge in [-0.15, -0.1) is 0 Å². The molecule has 3 aromatic rings. The summed E-state index contributed by atoms with van der Waals surface area (Å²) in [6.07, 6.45) is 0.871. The van der Waals surface area contributed by atoms with E-state index in [1.807, 2.05) is 42.5 Å². The van der Waals surface area contributed by atoms with Gasteiger partial charge < -0.3 is 15.5 Å². The highest BCUT2D eigenvalue weighted by Crippen LogP contribution is 2.39. The molecule has 1 aliphatic rings. The highest BCUT2D eigenvalue weighted by Gasteiger charge is 2.36. The standard InChI is InChI=1S/C23H25N3O2S/c1-4-16-7-5-6-8-19(16)24-23(27)22-21(17-10-12-18(28-3)13-11-17)25-26-15(2)9-14-20(26)29-22/h5-14,21-22,25H,4H2,1-3H3,(H,24,27)/t21-,22+/m0/s1. The van der Waals surface area contributed by atoms with Gasteiger partial charge in [0, 0.05) is 11.4 Å². The molecular weight excluding hydrogens is 382 g/mol. The van der Waals surface area contributed by atoms with Crippen LogP contribution in [0.4, 0.5) is 5.69 Å². The molecule has 2 heterocycles. The number of nitrogens with zero attached hydrogens (tertiary/aromatic N) is 1. The Balaban J connectivity index is 1.66. The summed E-state index contributed by atoms with van der Waals surface area (Å²) in [5.41, 5.74) is 7.71. The fourth-order valence-corrected chi connectivity index (χ4v) is 4.83.